The molecule has 3 N–H and O–H groups in total. The first-order valence-corrected chi connectivity index (χ1v) is 8.38. The zero-order valence-electron chi connectivity index (χ0n) is 14.5. The van der Waals surface area contributed by atoms with Crippen molar-refractivity contribution in [1.82, 2.24) is 4.90 Å². The molecule has 0 saturated carbocycles. The van der Waals surface area contributed by atoms with Crippen LogP contribution in [-0.2, 0) is 17.9 Å². The summed E-state index contributed by atoms with van der Waals surface area (Å²) in [5, 5.41) is 11.7. The summed E-state index contributed by atoms with van der Waals surface area (Å²) in [5.41, 5.74) is 9.49. The molecule has 0 aliphatic heterocycles. The van der Waals surface area contributed by atoms with Crippen LogP contribution in [0.25, 0.3) is 0 Å². The summed E-state index contributed by atoms with van der Waals surface area (Å²) in [6, 6.07) is 17.7. The van der Waals surface area contributed by atoms with E-state index >= 15 is 0 Å². The molecule has 2 rings (SSSR count). The molecule has 0 aliphatic rings. The Labute approximate surface area is 149 Å². The molecule has 2 aromatic rings. The van der Waals surface area contributed by atoms with E-state index in [0.717, 1.165) is 31.7 Å². The van der Waals surface area contributed by atoms with Crippen molar-refractivity contribution < 1.29 is 4.79 Å². The third kappa shape index (κ3) is 6.38. The van der Waals surface area contributed by atoms with Crippen molar-refractivity contribution in [2.75, 3.05) is 18.4 Å². The van der Waals surface area contributed by atoms with E-state index in [-0.39, 0.29) is 5.91 Å². The van der Waals surface area contributed by atoms with Crippen LogP contribution in [0.2, 0.25) is 0 Å². The average Bonchev–Trinajstić information content (AvgIpc) is 2.61. The fourth-order valence-electron chi connectivity index (χ4n) is 2.63. The van der Waals surface area contributed by atoms with Gasteiger partial charge in [-0.3, -0.25) is 9.69 Å². The summed E-state index contributed by atoms with van der Waals surface area (Å²) in [5.74, 6) is -0.0712. The van der Waals surface area contributed by atoms with Crippen molar-refractivity contribution in [2.24, 2.45) is 5.73 Å². The van der Waals surface area contributed by atoms with Gasteiger partial charge in [-0.15, -0.1) is 0 Å². The Morgan fingerprint density at radius 3 is 2.12 bits per heavy atom. The minimum atomic E-state index is -0.0712. The molecule has 0 unspecified atom stereocenters. The fraction of sp³-hybridized carbons (Fsp3) is 0.300. The van der Waals surface area contributed by atoms with Crippen molar-refractivity contribution in [3.05, 3.63) is 65.2 Å². The standard InChI is InChI=1S/C20H24N4O/c1-16(25)23-20-9-7-19(8-10-20)15-24(12-2-11-21)14-18-5-3-17(13-22)4-6-18/h3-10H,2,11-12,14-15,21H2,1H3,(H,23,25). The number of nitriles is 1. The van der Waals surface area contributed by atoms with Gasteiger partial charge >= 0.3 is 0 Å². The highest BCUT2D eigenvalue weighted by atomic mass is 16.1. The Kier molecular flexibility index (Phi) is 7.15. The fourth-order valence-corrected chi connectivity index (χ4v) is 2.63. The second kappa shape index (κ2) is 9.58. The summed E-state index contributed by atoms with van der Waals surface area (Å²) in [7, 11) is 0. The van der Waals surface area contributed by atoms with E-state index in [1.54, 1.807) is 0 Å². The highest BCUT2D eigenvalue weighted by Gasteiger charge is 2.08. The summed E-state index contributed by atoms with van der Waals surface area (Å²) in [6.07, 6.45) is 0.931. The van der Waals surface area contributed by atoms with E-state index in [1.165, 1.54) is 18.1 Å². The van der Waals surface area contributed by atoms with Crippen molar-refractivity contribution in [3.63, 3.8) is 0 Å². The number of carbonyl (C=O) groups is 1. The van der Waals surface area contributed by atoms with Crippen LogP contribution in [-0.4, -0.2) is 23.9 Å². The molecule has 0 atom stereocenters. The molecule has 0 spiro atoms. The van der Waals surface area contributed by atoms with Crippen LogP contribution in [0.15, 0.2) is 48.5 Å². The van der Waals surface area contributed by atoms with Gasteiger partial charge in [-0.2, -0.15) is 5.26 Å². The summed E-state index contributed by atoms with van der Waals surface area (Å²) >= 11 is 0. The van der Waals surface area contributed by atoms with E-state index in [0.29, 0.717) is 12.1 Å². The first-order valence-electron chi connectivity index (χ1n) is 8.38. The van der Waals surface area contributed by atoms with E-state index in [2.05, 4.69) is 16.3 Å². The van der Waals surface area contributed by atoms with Gasteiger partial charge in [0, 0.05) is 32.2 Å². The normalized spacial score (nSPS) is 10.5. The molecule has 0 fully saturated rings. The maximum atomic E-state index is 11.1. The summed E-state index contributed by atoms with van der Waals surface area (Å²) < 4.78 is 0. The summed E-state index contributed by atoms with van der Waals surface area (Å²) in [6.45, 7) is 4.68. The Hall–Kier alpha value is -2.68. The van der Waals surface area contributed by atoms with Gasteiger partial charge in [-0.05, 0) is 48.4 Å². The predicted molar refractivity (Wildman–Crippen MR) is 99.7 cm³/mol. The van der Waals surface area contributed by atoms with Gasteiger partial charge in [-0.25, -0.2) is 0 Å². The lowest BCUT2D eigenvalue weighted by Gasteiger charge is -2.22. The van der Waals surface area contributed by atoms with E-state index in [4.69, 9.17) is 11.0 Å². The lowest BCUT2D eigenvalue weighted by Crippen LogP contribution is -2.25. The van der Waals surface area contributed by atoms with Gasteiger partial charge in [-0.1, -0.05) is 24.3 Å². The van der Waals surface area contributed by atoms with Crippen LogP contribution >= 0.6 is 0 Å². The largest absolute Gasteiger partial charge is 0.330 e. The molecule has 1 amide bonds. The smallest absolute Gasteiger partial charge is 0.221 e. The highest BCUT2D eigenvalue weighted by molar-refractivity contribution is 5.88. The zero-order chi connectivity index (χ0) is 18.1. The number of rotatable bonds is 8. The first kappa shape index (κ1) is 18.7. The molecule has 0 saturated heterocycles. The average molecular weight is 336 g/mol. The third-order valence-electron chi connectivity index (χ3n) is 3.85. The molecule has 5 heteroatoms. The number of anilines is 1. The molecule has 0 aliphatic carbocycles. The SMILES string of the molecule is CC(=O)Nc1ccc(CN(CCCN)Cc2ccc(C#N)cc2)cc1. The van der Waals surface area contributed by atoms with Crippen LogP contribution in [0.5, 0.6) is 0 Å². The molecular formula is C20H24N4O. The monoisotopic (exact) mass is 336 g/mol. The second-order valence-electron chi connectivity index (χ2n) is 6.04. The van der Waals surface area contributed by atoms with E-state index in [1.807, 2.05) is 48.5 Å². The van der Waals surface area contributed by atoms with Crippen LogP contribution in [0.1, 0.15) is 30.0 Å². The number of benzene rings is 2. The molecule has 5 nitrogen and oxygen atoms in total. The zero-order valence-corrected chi connectivity index (χ0v) is 14.5. The van der Waals surface area contributed by atoms with Crippen molar-refractivity contribution in [1.29, 1.82) is 5.26 Å². The number of carbonyl (C=O) groups excluding carboxylic acids is 1. The molecular weight excluding hydrogens is 312 g/mol. The van der Waals surface area contributed by atoms with Crippen molar-refractivity contribution in [3.8, 4) is 6.07 Å². The number of amides is 1. The maximum absolute atomic E-state index is 11.1. The molecule has 0 radical (unpaired) electrons. The minimum absolute atomic E-state index is 0.0712. The van der Waals surface area contributed by atoms with Gasteiger partial charge < -0.3 is 11.1 Å². The van der Waals surface area contributed by atoms with E-state index in [9.17, 15) is 4.79 Å². The third-order valence-corrected chi connectivity index (χ3v) is 3.85. The lowest BCUT2D eigenvalue weighted by molar-refractivity contribution is -0.114. The van der Waals surface area contributed by atoms with Gasteiger partial charge in [0.1, 0.15) is 0 Å². The van der Waals surface area contributed by atoms with Crippen LogP contribution in [0.3, 0.4) is 0 Å². The molecule has 25 heavy (non-hydrogen) atoms. The van der Waals surface area contributed by atoms with Crippen LogP contribution in [0, 0.1) is 11.3 Å². The second-order valence-corrected chi connectivity index (χ2v) is 6.04. The molecule has 0 bridgehead atoms. The maximum Gasteiger partial charge on any atom is 0.221 e. The number of nitrogens with one attached hydrogen (secondary N) is 1. The number of nitrogens with two attached hydrogens (primary N) is 1. The van der Waals surface area contributed by atoms with Gasteiger partial charge in [0.25, 0.3) is 0 Å². The first-order chi connectivity index (χ1) is 12.1. The number of hydrogen-bond donors (Lipinski definition) is 2. The van der Waals surface area contributed by atoms with Crippen LogP contribution < -0.4 is 11.1 Å². The van der Waals surface area contributed by atoms with Gasteiger partial charge in [0.05, 0.1) is 11.6 Å². The Balaban J connectivity index is 2.03. The molecule has 0 aromatic heterocycles. The lowest BCUT2D eigenvalue weighted by atomic mass is 10.1. The summed E-state index contributed by atoms with van der Waals surface area (Å²) in [4.78, 5) is 13.4. The van der Waals surface area contributed by atoms with Gasteiger partial charge in [0.15, 0.2) is 0 Å². The van der Waals surface area contributed by atoms with Gasteiger partial charge in [0.2, 0.25) is 5.91 Å². The molecule has 130 valence electrons. The molecule has 0 heterocycles. The number of nitrogens with zero attached hydrogens (tertiary/aromatic N) is 2. The predicted octanol–water partition coefficient (Wildman–Crippen LogP) is 2.87. The van der Waals surface area contributed by atoms with Crippen LogP contribution in [0.4, 0.5) is 5.69 Å². The quantitative estimate of drug-likeness (QED) is 0.776. The van der Waals surface area contributed by atoms with E-state index < -0.39 is 0 Å². The Morgan fingerprint density at radius 2 is 1.64 bits per heavy atom. The van der Waals surface area contributed by atoms with Crippen molar-refractivity contribution in [2.45, 2.75) is 26.4 Å². The topological polar surface area (TPSA) is 82.2 Å². The minimum Gasteiger partial charge on any atom is -0.330 e. The van der Waals surface area contributed by atoms with Crippen molar-refractivity contribution >= 4 is 11.6 Å². The Morgan fingerprint density at radius 1 is 1.08 bits per heavy atom. The highest BCUT2D eigenvalue weighted by Crippen LogP contribution is 2.14. The molecule has 2 aromatic carbocycles. The number of hydrogen-bond acceptors (Lipinski definition) is 4. The Bertz CT molecular complexity index is 717.